The van der Waals surface area contributed by atoms with E-state index < -0.39 is 0 Å². The lowest BCUT2D eigenvalue weighted by molar-refractivity contribution is 0.174. The van der Waals surface area contributed by atoms with Crippen molar-refractivity contribution in [2.45, 2.75) is 37.8 Å². The van der Waals surface area contributed by atoms with Gasteiger partial charge in [-0.05, 0) is 62.2 Å². The summed E-state index contributed by atoms with van der Waals surface area (Å²) in [5, 5.41) is 12.6. The van der Waals surface area contributed by atoms with Crippen LogP contribution in [0.3, 0.4) is 0 Å². The number of ether oxygens (including phenoxy) is 3. The highest BCUT2D eigenvalue weighted by Gasteiger charge is 2.19. The number of hydrogen-bond acceptors (Lipinski definition) is 8. The molecule has 2 aromatic carbocycles. The number of fused-ring (bicyclic) bond motifs is 1. The van der Waals surface area contributed by atoms with Crippen LogP contribution in [0.2, 0.25) is 0 Å². The van der Waals surface area contributed by atoms with Crippen molar-refractivity contribution in [2.24, 2.45) is 7.05 Å². The fourth-order valence-corrected chi connectivity index (χ4v) is 5.26. The second-order valence-electron chi connectivity index (χ2n) is 7.91. The van der Waals surface area contributed by atoms with E-state index in [1.54, 1.807) is 23.1 Å². The third-order valence-corrected chi connectivity index (χ3v) is 7.54. The molecule has 0 aliphatic carbocycles. The molecule has 170 valence electrons. The van der Waals surface area contributed by atoms with Crippen LogP contribution in [0.15, 0.2) is 46.9 Å². The van der Waals surface area contributed by atoms with Gasteiger partial charge in [0.2, 0.25) is 6.79 Å². The Morgan fingerprint density at radius 3 is 2.79 bits per heavy atom. The minimum Gasteiger partial charge on any atom is -0.483 e. The number of thiazole rings is 1. The lowest BCUT2D eigenvalue weighted by Gasteiger charge is -2.15. The molecule has 0 saturated carbocycles. The zero-order valence-electron chi connectivity index (χ0n) is 18.9. The zero-order chi connectivity index (χ0) is 22.9. The van der Waals surface area contributed by atoms with E-state index in [9.17, 15) is 0 Å². The highest BCUT2D eigenvalue weighted by atomic mass is 32.2. The van der Waals surface area contributed by atoms with Crippen LogP contribution >= 0.6 is 23.1 Å². The Labute approximate surface area is 200 Å². The van der Waals surface area contributed by atoms with Gasteiger partial charge < -0.3 is 18.8 Å². The summed E-state index contributed by atoms with van der Waals surface area (Å²) in [6.07, 6.45) is -0.212. The molecule has 0 saturated heterocycles. The van der Waals surface area contributed by atoms with Crippen LogP contribution in [0.4, 0.5) is 0 Å². The first-order chi connectivity index (χ1) is 16.0. The van der Waals surface area contributed by atoms with Crippen molar-refractivity contribution in [3.05, 3.63) is 64.4 Å². The molecular weight excluding hydrogens is 456 g/mol. The largest absolute Gasteiger partial charge is 0.483 e. The molecule has 3 heterocycles. The Bertz CT molecular complexity index is 1300. The van der Waals surface area contributed by atoms with Crippen molar-refractivity contribution in [3.8, 4) is 27.8 Å². The quantitative estimate of drug-likeness (QED) is 0.313. The smallest absolute Gasteiger partial charge is 0.231 e. The summed E-state index contributed by atoms with van der Waals surface area (Å²) in [6, 6.07) is 12.0. The lowest BCUT2D eigenvalue weighted by atomic mass is 10.1. The molecule has 9 heteroatoms. The Morgan fingerprint density at radius 1 is 1.09 bits per heavy atom. The maximum atomic E-state index is 6.11. The Balaban J connectivity index is 1.23. The first-order valence-electron chi connectivity index (χ1n) is 10.6. The van der Waals surface area contributed by atoms with Crippen LogP contribution in [0.5, 0.6) is 17.2 Å². The van der Waals surface area contributed by atoms with Crippen LogP contribution in [0, 0.1) is 13.8 Å². The van der Waals surface area contributed by atoms with Crippen molar-refractivity contribution in [1.29, 1.82) is 0 Å². The minimum absolute atomic E-state index is 0.212. The van der Waals surface area contributed by atoms with Gasteiger partial charge in [0.05, 0.1) is 5.69 Å². The first-order valence-corrected chi connectivity index (χ1v) is 12.4. The number of hydrogen-bond donors (Lipinski definition) is 0. The number of thioether (sulfide) groups is 1. The zero-order valence-corrected chi connectivity index (χ0v) is 20.5. The van der Waals surface area contributed by atoms with Gasteiger partial charge in [0, 0.05) is 23.7 Å². The third-order valence-electron chi connectivity index (χ3n) is 5.54. The monoisotopic (exact) mass is 480 g/mol. The molecule has 2 aromatic heterocycles. The van der Waals surface area contributed by atoms with E-state index in [1.165, 1.54) is 11.1 Å². The molecule has 1 unspecified atom stereocenters. The average Bonchev–Trinajstić information content (AvgIpc) is 3.54. The first kappa shape index (κ1) is 21.8. The van der Waals surface area contributed by atoms with Crippen molar-refractivity contribution in [2.75, 3.05) is 6.79 Å². The number of aromatic nitrogens is 4. The molecule has 1 atom stereocenters. The number of rotatable bonds is 7. The highest BCUT2D eigenvalue weighted by Crippen LogP contribution is 2.37. The van der Waals surface area contributed by atoms with Crippen LogP contribution in [0.1, 0.15) is 35.7 Å². The van der Waals surface area contributed by atoms with Crippen molar-refractivity contribution in [1.82, 2.24) is 19.7 Å². The molecule has 0 amide bonds. The van der Waals surface area contributed by atoms with Crippen LogP contribution < -0.4 is 14.2 Å². The van der Waals surface area contributed by atoms with Gasteiger partial charge in [0.1, 0.15) is 10.8 Å². The second kappa shape index (κ2) is 9.07. The molecule has 33 heavy (non-hydrogen) atoms. The Hall–Kier alpha value is -3.04. The van der Waals surface area contributed by atoms with E-state index in [0.29, 0.717) is 5.75 Å². The summed E-state index contributed by atoms with van der Waals surface area (Å²) in [5.41, 5.74) is 4.48. The van der Waals surface area contributed by atoms with Crippen molar-refractivity contribution < 1.29 is 14.2 Å². The van der Waals surface area contributed by atoms with Gasteiger partial charge in [-0.2, -0.15) is 0 Å². The van der Waals surface area contributed by atoms with Gasteiger partial charge in [-0.25, -0.2) is 4.98 Å². The van der Waals surface area contributed by atoms with E-state index in [1.807, 2.05) is 42.8 Å². The highest BCUT2D eigenvalue weighted by molar-refractivity contribution is 7.98. The summed E-state index contributed by atoms with van der Waals surface area (Å²) in [7, 11) is 1.97. The molecule has 1 aliphatic heterocycles. The third kappa shape index (κ3) is 4.56. The molecule has 7 nitrogen and oxygen atoms in total. The molecule has 0 spiro atoms. The number of nitrogens with zero attached hydrogens (tertiary/aromatic N) is 4. The SMILES string of the molecule is Cc1ccc(OC(C)c2nnc(SCc3csc(-c4ccc5c(c4)OCO5)n3)n2C)cc1C. The summed E-state index contributed by atoms with van der Waals surface area (Å²) in [5.74, 6) is 3.87. The van der Waals surface area contributed by atoms with E-state index in [-0.39, 0.29) is 12.9 Å². The number of benzene rings is 2. The molecular formula is C24H24N4O3S2. The van der Waals surface area contributed by atoms with Gasteiger partial charge in [0.25, 0.3) is 0 Å². The van der Waals surface area contributed by atoms with Crippen LogP contribution in [0.25, 0.3) is 10.6 Å². The van der Waals surface area contributed by atoms with E-state index in [4.69, 9.17) is 19.2 Å². The van der Waals surface area contributed by atoms with E-state index >= 15 is 0 Å². The lowest BCUT2D eigenvalue weighted by Crippen LogP contribution is -2.10. The Morgan fingerprint density at radius 2 is 1.94 bits per heavy atom. The second-order valence-corrected chi connectivity index (χ2v) is 9.71. The maximum absolute atomic E-state index is 6.11. The predicted molar refractivity (Wildman–Crippen MR) is 129 cm³/mol. The molecule has 4 aromatic rings. The van der Waals surface area contributed by atoms with Crippen molar-refractivity contribution in [3.63, 3.8) is 0 Å². The molecule has 0 N–H and O–H groups in total. The topological polar surface area (TPSA) is 71.3 Å². The number of aryl methyl sites for hydroxylation is 2. The predicted octanol–water partition coefficient (Wildman–Crippen LogP) is 5.72. The van der Waals surface area contributed by atoms with Crippen LogP contribution in [-0.2, 0) is 12.8 Å². The van der Waals surface area contributed by atoms with E-state index in [2.05, 4.69) is 41.6 Å². The summed E-state index contributed by atoms with van der Waals surface area (Å²) < 4.78 is 19.0. The normalized spacial score (nSPS) is 13.3. The van der Waals surface area contributed by atoms with Crippen molar-refractivity contribution >= 4 is 23.1 Å². The molecule has 0 fully saturated rings. The fourth-order valence-electron chi connectivity index (χ4n) is 3.52. The summed E-state index contributed by atoms with van der Waals surface area (Å²) in [4.78, 5) is 4.78. The molecule has 0 bridgehead atoms. The summed E-state index contributed by atoms with van der Waals surface area (Å²) in [6.45, 7) is 6.44. The minimum atomic E-state index is -0.212. The average molecular weight is 481 g/mol. The van der Waals surface area contributed by atoms with Crippen LogP contribution in [-0.4, -0.2) is 26.5 Å². The van der Waals surface area contributed by atoms with Gasteiger partial charge in [-0.1, -0.05) is 17.8 Å². The van der Waals surface area contributed by atoms with Gasteiger partial charge in [-0.3, -0.25) is 0 Å². The van der Waals surface area contributed by atoms with Gasteiger partial charge in [-0.15, -0.1) is 21.5 Å². The summed E-state index contributed by atoms with van der Waals surface area (Å²) >= 11 is 3.23. The molecule has 5 rings (SSSR count). The molecule has 0 radical (unpaired) electrons. The van der Waals surface area contributed by atoms with E-state index in [0.717, 1.165) is 44.5 Å². The fraction of sp³-hybridized carbons (Fsp3) is 0.292. The standard InChI is InChI=1S/C24H24N4O3S2/c1-14-5-7-19(9-15(14)2)31-16(3)22-26-27-24(28(22)4)33-12-18-11-32-23(25-18)17-6-8-20-21(10-17)30-13-29-20/h5-11,16H,12-13H2,1-4H3. The maximum Gasteiger partial charge on any atom is 0.231 e. The Kier molecular flexibility index (Phi) is 5.99. The molecule has 1 aliphatic rings. The van der Waals surface area contributed by atoms with Gasteiger partial charge in [0.15, 0.2) is 28.6 Å². The van der Waals surface area contributed by atoms with Gasteiger partial charge >= 0.3 is 0 Å².